The number of unbranched alkanes of at least 4 members (excludes halogenated alkanes) is 1. The van der Waals surface area contributed by atoms with Crippen LogP contribution in [0.15, 0.2) is 36.5 Å². The summed E-state index contributed by atoms with van der Waals surface area (Å²) < 4.78 is 0. The minimum atomic E-state index is 0.614. The Kier molecular flexibility index (Phi) is 6.46. The van der Waals surface area contributed by atoms with Crippen molar-refractivity contribution >= 4 is 39.7 Å². The fourth-order valence-electron chi connectivity index (χ4n) is 2.60. The summed E-state index contributed by atoms with van der Waals surface area (Å²) in [5.74, 6) is 0. The van der Waals surface area contributed by atoms with Crippen molar-refractivity contribution in [3.05, 3.63) is 57.8 Å². The Morgan fingerprint density at radius 1 is 1.12 bits per heavy atom. The molecule has 7 heteroatoms. The van der Waals surface area contributed by atoms with E-state index in [0.29, 0.717) is 16.6 Å². The lowest BCUT2D eigenvalue weighted by molar-refractivity contribution is 0.710. The van der Waals surface area contributed by atoms with Gasteiger partial charge in [-0.25, -0.2) is 0 Å². The summed E-state index contributed by atoms with van der Waals surface area (Å²) in [5.41, 5.74) is 2.92. The van der Waals surface area contributed by atoms with E-state index in [-0.39, 0.29) is 0 Å². The Bertz CT molecular complexity index is 861. The molecule has 2 heterocycles. The summed E-state index contributed by atoms with van der Waals surface area (Å²) >= 11 is 14.3. The molecule has 136 valence electrons. The van der Waals surface area contributed by atoms with Gasteiger partial charge in [-0.2, -0.15) is 0 Å². The third kappa shape index (κ3) is 4.53. The van der Waals surface area contributed by atoms with Gasteiger partial charge >= 0.3 is 0 Å². The Hall–Kier alpha value is -1.69. The summed E-state index contributed by atoms with van der Waals surface area (Å²) in [6.07, 6.45) is 3.96. The lowest BCUT2D eigenvalue weighted by Crippen LogP contribution is -2.24. The molecule has 0 saturated heterocycles. The van der Waals surface area contributed by atoms with Gasteiger partial charge in [0, 0.05) is 46.2 Å². The van der Waals surface area contributed by atoms with Gasteiger partial charge in [-0.1, -0.05) is 53.9 Å². The van der Waals surface area contributed by atoms with E-state index >= 15 is 0 Å². The van der Waals surface area contributed by atoms with E-state index in [2.05, 4.69) is 27.0 Å². The van der Waals surface area contributed by atoms with E-state index in [1.54, 1.807) is 17.5 Å². The number of rotatable bonds is 7. The maximum Gasteiger partial charge on any atom is 0.208 e. The predicted octanol–water partition coefficient (Wildman–Crippen LogP) is 6.02. The second kappa shape index (κ2) is 8.80. The average molecular weight is 407 g/mol. The van der Waals surface area contributed by atoms with Crippen LogP contribution >= 0.6 is 34.5 Å². The van der Waals surface area contributed by atoms with Crippen molar-refractivity contribution in [2.24, 2.45) is 0 Å². The average Bonchev–Trinajstić information content (AvgIpc) is 3.11. The van der Waals surface area contributed by atoms with Crippen LogP contribution in [-0.4, -0.2) is 21.7 Å². The zero-order valence-corrected chi connectivity index (χ0v) is 17.1. The monoisotopic (exact) mass is 406 g/mol. The lowest BCUT2D eigenvalue weighted by Gasteiger charge is -2.22. The van der Waals surface area contributed by atoms with Crippen LogP contribution in [0.2, 0.25) is 10.0 Å². The number of hydrogen-bond acceptors (Lipinski definition) is 5. The van der Waals surface area contributed by atoms with Crippen molar-refractivity contribution in [1.29, 1.82) is 0 Å². The molecule has 0 aliphatic carbocycles. The van der Waals surface area contributed by atoms with E-state index in [9.17, 15) is 0 Å². The normalized spacial score (nSPS) is 10.9. The quantitative estimate of drug-likeness (QED) is 0.480. The highest BCUT2D eigenvalue weighted by Gasteiger charge is 2.17. The third-order valence-electron chi connectivity index (χ3n) is 4.02. The fraction of sp³-hybridized carbons (Fsp3) is 0.316. The molecule has 0 spiro atoms. The number of benzene rings is 1. The molecule has 2 aromatic heterocycles. The molecular formula is C19H20Cl2N4S. The minimum absolute atomic E-state index is 0.614. The summed E-state index contributed by atoms with van der Waals surface area (Å²) in [6, 6.07) is 9.57. The molecule has 26 heavy (non-hydrogen) atoms. The van der Waals surface area contributed by atoms with Crippen molar-refractivity contribution in [1.82, 2.24) is 15.2 Å². The Morgan fingerprint density at radius 3 is 2.58 bits per heavy atom. The first kappa shape index (κ1) is 19.1. The van der Waals surface area contributed by atoms with Gasteiger partial charge in [0.1, 0.15) is 5.01 Å². The van der Waals surface area contributed by atoms with Gasteiger partial charge in [0.05, 0.1) is 0 Å². The number of nitrogens with zero attached hydrogens (tertiary/aromatic N) is 4. The maximum absolute atomic E-state index is 6.36. The Morgan fingerprint density at radius 2 is 1.88 bits per heavy atom. The van der Waals surface area contributed by atoms with Gasteiger partial charge in [-0.05, 0) is 37.6 Å². The lowest BCUT2D eigenvalue weighted by atomic mass is 10.2. The van der Waals surface area contributed by atoms with Gasteiger partial charge in [0.2, 0.25) is 5.13 Å². The van der Waals surface area contributed by atoms with Gasteiger partial charge < -0.3 is 4.90 Å². The molecule has 4 nitrogen and oxygen atoms in total. The minimum Gasteiger partial charge on any atom is -0.342 e. The van der Waals surface area contributed by atoms with Crippen molar-refractivity contribution in [2.45, 2.75) is 33.2 Å². The molecule has 0 unspecified atom stereocenters. The van der Waals surface area contributed by atoms with Crippen molar-refractivity contribution < 1.29 is 0 Å². The number of halogens is 2. The van der Waals surface area contributed by atoms with Gasteiger partial charge in [-0.3, -0.25) is 4.98 Å². The molecule has 3 aromatic rings. The van der Waals surface area contributed by atoms with Crippen LogP contribution in [0.5, 0.6) is 0 Å². The number of hydrogen-bond donors (Lipinski definition) is 0. The van der Waals surface area contributed by atoms with E-state index in [0.717, 1.165) is 46.3 Å². The molecule has 0 atom stereocenters. The molecule has 0 radical (unpaired) electrons. The fourth-order valence-corrected chi connectivity index (χ4v) is 3.99. The van der Waals surface area contributed by atoms with Crippen LogP contribution in [-0.2, 0) is 6.54 Å². The second-order valence-corrected chi connectivity index (χ2v) is 7.82. The van der Waals surface area contributed by atoms with E-state index < -0.39 is 0 Å². The zero-order valence-electron chi connectivity index (χ0n) is 14.7. The number of pyridine rings is 1. The molecular weight excluding hydrogens is 387 g/mol. The largest absolute Gasteiger partial charge is 0.342 e. The van der Waals surface area contributed by atoms with Crippen molar-refractivity contribution in [3.63, 3.8) is 0 Å². The van der Waals surface area contributed by atoms with E-state index in [1.165, 1.54) is 0 Å². The highest BCUT2D eigenvalue weighted by Crippen LogP contribution is 2.32. The highest BCUT2D eigenvalue weighted by atomic mass is 35.5. The topological polar surface area (TPSA) is 41.9 Å². The van der Waals surface area contributed by atoms with Gasteiger partial charge in [0.15, 0.2) is 0 Å². The molecule has 1 aromatic carbocycles. The Balaban J connectivity index is 1.89. The second-order valence-electron chi connectivity index (χ2n) is 6.05. The van der Waals surface area contributed by atoms with Crippen LogP contribution in [0.3, 0.4) is 0 Å². The first-order valence-electron chi connectivity index (χ1n) is 8.53. The summed E-state index contributed by atoms with van der Waals surface area (Å²) in [7, 11) is 0. The van der Waals surface area contributed by atoms with E-state index in [1.807, 2.05) is 37.3 Å². The number of anilines is 1. The zero-order chi connectivity index (χ0) is 18.5. The number of aryl methyl sites for hydroxylation is 1. The summed E-state index contributed by atoms with van der Waals surface area (Å²) in [5, 5.41) is 11.9. The van der Waals surface area contributed by atoms with Crippen LogP contribution in [0.25, 0.3) is 10.6 Å². The van der Waals surface area contributed by atoms with Crippen molar-refractivity contribution in [3.8, 4) is 10.6 Å². The Labute approximate surface area is 167 Å². The smallest absolute Gasteiger partial charge is 0.208 e. The maximum atomic E-state index is 6.36. The molecule has 0 saturated carbocycles. The highest BCUT2D eigenvalue weighted by molar-refractivity contribution is 7.18. The first-order chi connectivity index (χ1) is 12.6. The molecule has 0 bridgehead atoms. The SMILES string of the molecule is CCCCN(Cc1c(Cl)cccc1Cl)c1nnc(-c2ccnc(C)c2)s1. The van der Waals surface area contributed by atoms with Crippen molar-refractivity contribution in [2.75, 3.05) is 11.4 Å². The molecule has 0 aliphatic rings. The molecule has 3 rings (SSSR count). The molecule has 0 N–H and O–H groups in total. The van der Waals surface area contributed by atoms with Gasteiger partial charge in [0.25, 0.3) is 0 Å². The summed E-state index contributed by atoms with van der Waals surface area (Å²) in [6.45, 7) is 5.63. The third-order valence-corrected chi connectivity index (χ3v) is 5.76. The van der Waals surface area contributed by atoms with E-state index in [4.69, 9.17) is 23.2 Å². The molecule has 0 amide bonds. The summed E-state index contributed by atoms with van der Waals surface area (Å²) in [4.78, 5) is 6.44. The van der Waals surface area contributed by atoms with Crippen LogP contribution in [0, 0.1) is 6.92 Å². The molecule has 0 fully saturated rings. The van der Waals surface area contributed by atoms with Crippen LogP contribution in [0.4, 0.5) is 5.13 Å². The predicted molar refractivity (Wildman–Crippen MR) is 110 cm³/mol. The standard InChI is InChI=1S/C19H20Cl2N4S/c1-3-4-10-25(12-15-16(20)6-5-7-17(15)21)19-24-23-18(26-19)14-8-9-22-13(2)11-14/h5-9,11H,3-4,10,12H2,1-2H3. The first-order valence-corrected chi connectivity index (χ1v) is 10.1. The molecule has 0 aliphatic heterocycles. The number of aromatic nitrogens is 3. The van der Waals surface area contributed by atoms with Crippen LogP contribution in [0.1, 0.15) is 31.0 Å². The van der Waals surface area contributed by atoms with Gasteiger partial charge in [-0.15, -0.1) is 10.2 Å². The van der Waals surface area contributed by atoms with Crippen LogP contribution < -0.4 is 4.90 Å².